The molecule has 0 bridgehead atoms. The summed E-state index contributed by atoms with van der Waals surface area (Å²) in [4.78, 5) is 11.9. The van der Waals surface area contributed by atoms with Crippen LogP contribution in [0.5, 0.6) is 5.75 Å². The molecule has 0 fully saturated rings. The number of carbonyl (C=O) groups is 1. The molecule has 0 atom stereocenters. The number of nitrogens with one attached hydrogen (secondary N) is 1. The molecular weight excluding hydrogens is 519 g/mol. The molecule has 0 aliphatic rings. The van der Waals surface area contributed by atoms with E-state index >= 15 is 0 Å². The summed E-state index contributed by atoms with van der Waals surface area (Å²) < 4.78 is 6.80. The number of benzene rings is 3. The van der Waals surface area contributed by atoms with Crippen LogP contribution in [0.15, 0.2) is 76.3 Å². The smallest absolute Gasteiger partial charge is 0.250 e. The Morgan fingerprint density at radius 3 is 2.58 bits per heavy atom. The first-order valence-electron chi connectivity index (χ1n) is 9.31. The van der Waals surface area contributed by atoms with Crippen molar-refractivity contribution >= 4 is 63.0 Å². The van der Waals surface area contributed by atoms with Crippen molar-refractivity contribution < 1.29 is 9.53 Å². The van der Waals surface area contributed by atoms with Gasteiger partial charge in [0.15, 0.2) is 0 Å². The maximum absolute atomic E-state index is 11.9. The Bertz CT molecular complexity index is 1060. The van der Waals surface area contributed by atoms with Crippen LogP contribution in [0.4, 0.5) is 0 Å². The van der Waals surface area contributed by atoms with Gasteiger partial charge < -0.3 is 4.74 Å². The van der Waals surface area contributed by atoms with Gasteiger partial charge in [0.2, 0.25) is 5.91 Å². The van der Waals surface area contributed by atoms with Gasteiger partial charge in [0, 0.05) is 25.8 Å². The largest absolute Gasteiger partial charge is 0.489 e. The predicted molar refractivity (Wildman–Crippen MR) is 133 cm³/mol. The first kappa shape index (κ1) is 23.7. The van der Waals surface area contributed by atoms with Gasteiger partial charge in [0.1, 0.15) is 12.4 Å². The Hall–Kier alpha value is -1.99. The molecule has 0 saturated carbocycles. The summed E-state index contributed by atoms with van der Waals surface area (Å²) in [5.41, 5.74) is 5.41. The summed E-state index contributed by atoms with van der Waals surface area (Å²) in [5.74, 6) is 1.64. The van der Waals surface area contributed by atoms with Crippen LogP contribution < -0.4 is 10.2 Å². The molecule has 0 radical (unpaired) electrons. The molecule has 0 heterocycles. The summed E-state index contributed by atoms with van der Waals surface area (Å²) in [6.07, 6.45) is 1.59. The number of amides is 1. The van der Waals surface area contributed by atoms with Gasteiger partial charge in [0.25, 0.3) is 0 Å². The van der Waals surface area contributed by atoms with Gasteiger partial charge in [-0.3, -0.25) is 4.79 Å². The van der Waals surface area contributed by atoms with E-state index in [2.05, 4.69) is 26.5 Å². The molecular formula is C23H19BrCl2N2O2S. The Morgan fingerprint density at radius 1 is 1.06 bits per heavy atom. The molecule has 3 aromatic rings. The SMILES string of the molecule is O=C(CSCc1ccccc1Br)N/N=C\c1ccc(OCc2ccc(Cl)cc2Cl)cc1. The van der Waals surface area contributed by atoms with Crippen LogP contribution in [-0.2, 0) is 17.2 Å². The van der Waals surface area contributed by atoms with Gasteiger partial charge in [-0.2, -0.15) is 5.10 Å². The number of thioether (sulfide) groups is 1. The van der Waals surface area contributed by atoms with E-state index in [9.17, 15) is 4.79 Å². The molecule has 8 heteroatoms. The molecule has 3 aromatic carbocycles. The van der Waals surface area contributed by atoms with Crippen molar-refractivity contribution in [3.63, 3.8) is 0 Å². The molecule has 0 saturated heterocycles. The minimum atomic E-state index is -0.145. The summed E-state index contributed by atoms with van der Waals surface area (Å²) in [7, 11) is 0. The lowest BCUT2D eigenvalue weighted by Gasteiger charge is -2.08. The quantitative estimate of drug-likeness (QED) is 0.243. The third-order valence-electron chi connectivity index (χ3n) is 4.14. The van der Waals surface area contributed by atoms with E-state index in [1.807, 2.05) is 54.6 Å². The number of halogens is 3. The molecule has 0 aliphatic heterocycles. The van der Waals surface area contributed by atoms with Crippen molar-refractivity contribution in [1.82, 2.24) is 5.43 Å². The fourth-order valence-electron chi connectivity index (χ4n) is 2.53. The van der Waals surface area contributed by atoms with Gasteiger partial charge >= 0.3 is 0 Å². The predicted octanol–water partition coefficient (Wildman–Crippen LogP) is 6.72. The highest BCUT2D eigenvalue weighted by molar-refractivity contribution is 9.10. The van der Waals surface area contributed by atoms with Gasteiger partial charge in [-0.1, -0.05) is 63.4 Å². The fourth-order valence-corrected chi connectivity index (χ4v) is 4.43. The maximum Gasteiger partial charge on any atom is 0.250 e. The zero-order valence-electron chi connectivity index (χ0n) is 16.4. The van der Waals surface area contributed by atoms with E-state index in [-0.39, 0.29) is 5.91 Å². The van der Waals surface area contributed by atoms with Crippen molar-refractivity contribution in [3.8, 4) is 5.75 Å². The van der Waals surface area contributed by atoms with Crippen LogP contribution in [0.1, 0.15) is 16.7 Å². The normalized spacial score (nSPS) is 10.9. The lowest BCUT2D eigenvalue weighted by molar-refractivity contribution is -0.118. The van der Waals surface area contributed by atoms with Crippen LogP contribution in [-0.4, -0.2) is 17.9 Å². The average molecular weight is 538 g/mol. The van der Waals surface area contributed by atoms with Crippen LogP contribution in [0, 0.1) is 0 Å². The number of nitrogens with zero attached hydrogens (tertiary/aromatic N) is 1. The molecule has 0 aliphatic carbocycles. The fraction of sp³-hybridized carbons (Fsp3) is 0.130. The van der Waals surface area contributed by atoms with Crippen molar-refractivity contribution in [1.29, 1.82) is 0 Å². The minimum absolute atomic E-state index is 0.145. The van der Waals surface area contributed by atoms with Gasteiger partial charge in [-0.25, -0.2) is 5.43 Å². The molecule has 3 rings (SSSR count). The highest BCUT2D eigenvalue weighted by Gasteiger charge is 2.04. The maximum atomic E-state index is 11.9. The van der Waals surface area contributed by atoms with Crippen molar-refractivity contribution in [2.45, 2.75) is 12.4 Å². The molecule has 1 amide bonds. The van der Waals surface area contributed by atoms with Crippen LogP contribution in [0.2, 0.25) is 10.0 Å². The highest BCUT2D eigenvalue weighted by Crippen LogP contribution is 2.23. The first-order valence-corrected chi connectivity index (χ1v) is 12.0. The number of rotatable bonds is 9. The lowest BCUT2D eigenvalue weighted by atomic mass is 10.2. The zero-order valence-corrected chi connectivity index (χ0v) is 20.3. The number of hydrazone groups is 1. The van der Waals surface area contributed by atoms with E-state index in [4.69, 9.17) is 27.9 Å². The second-order valence-electron chi connectivity index (χ2n) is 6.47. The Labute approximate surface area is 204 Å². The van der Waals surface area contributed by atoms with Crippen molar-refractivity contribution in [2.75, 3.05) is 5.75 Å². The summed E-state index contributed by atoms with van der Waals surface area (Å²) >= 11 is 17.1. The van der Waals surface area contributed by atoms with E-state index in [0.717, 1.165) is 26.9 Å². The van der Waals surface area contributed by atoms with Gasteiger partial charge in [0.05, 0.1) is 12.0 Å². The second-order valence-corrected chi connectivity index (χ2v) is 9.15. The number of hydrogen-bond donors (Lipinski definition) is 1. The van der Waals surface area contributed by atoms with Crippen LogP contribution in [0.25, 0.3) is 0 Å². The van der Waals surface area contributed by atoms with E-state index in [1.54, 1.807) is 18.3 Å². The summed E-state index contributed by atoms with van der Waals surface area (Å²) in [6, 6.07) is 20.7. The van der Waals surface area contributed by atoms with Gasteiger partial charge in [-0.15, -0.1) is 11.8 Å². The Kier molecular flexibility index (Phi) is 9.28. The van der Waals surface area contributed by atoms with Crippen LogP contribution in [0.3, 0.4) is 0 Å². The summed E-state index contributed by atoms with van der Waals surface area (Å²) in [6.45, 7) is 0.344. The zero-order chi connectivity index (χ0) is 22.1. The molecule has 4 nitrogen and oxygen atoms in total. The Morgan fingerprint density at radius 2 is 1.84 bits per heavy atom. The topological polar surface area (TPSA) is 50.7 Å². The molecule has 1 N–H and O–H groups in total. The number of hydrogen-bond acceptors (Lipinski definition) is 4. The average Bonchev–Trinajstić information content (AvgIpc) is 2.75. The van der Waals surface area contributed by atoms with Gasteiger partial charge in [-0.05, 0) is 53.6 Å². The van der Waals surface area contributed by atoms with E-state index < -0.39 is 0 Å². The minimum Gasteiger partial charge on any atom is -0.489 e. The second kappa shape index (κ2) is 12.2. The number of ether oxygens (including phenoxy) is 1. The van der Waals surface area contributed by atoms with E-state index in [0.29, 0.717) is 28.2 Å². The lowest BCUT2D eigenvalue weighted by Crippen LogP contribution is -2.19. The monoisotopic (exact) mass is 536 g/mol. The molecule has 0 unspecified atom stereocenters. The third kappa shape index (κ3) is 7.89. The summed E-state index contributed by atoms with van der Waals surface area (Å²) in [5, 5.41) is 5.17. The van der Waals surface area contributed by atoms with Crippen LogP contribution >= 0.6 is 50.9 Å². The highest BCUT2D eigenvalue weighted by atomic mass is 79.9. The number of carbonyl (C=O) groups excluding carboxylic acids is 1. The van der Waals surface area contributed by atoms with Crippen molar-refractivity contribution in [2.24, 2.45) is 5.10 Å². The molecule has 160 valence electrons. The molecule has 0 aromatic heterocycles. The Balaban J connectivity index is 1.40. The standard InChI is InChI=1S/C23H19BrCl2N2O2S/c24-21-4-2-1-3-18(21)14-31-15-23(29)28-27-12-16-5-9-20(10-6-16)30-13-17-7-8-19(25)11-22(17)26/h1-12H,13-15H2,(H,28,29)/b27-12-. The van der Waals surface area contributed by atoms with E-state index in [1.165, 1.54) is 11.8 Å². The third-order valence-corrected chi connectivity index (χ3v) is 6.48. The van der Waals surface area contributed by atoms with Crippen molar-refractivity contribution in [3.05, 3.63) is 97.9 Å². The molecule has 31 heavy (non-hydrogen) atoms. The molecule has 0 spiro atoms. The first-order chi connectivity index (χ1) is 15.0.